The van der Waals surface area contributed by atoms with Crippen LogP contribution < -0.4 is 10.6 Å². The third-order valence-electron chi connectivity index (χ3n) is 4.84. The lowest BCUT2D eigenvalue weighted by molar-refractivity contribution is 0.0895. The summed E-state index contributed by atoms with van der Waals surface area (Å²) in [4.78, 5) is 12.6. The molecule has 1 aromatic heterocycles. The third-order valence-corrected chi connectivity index (χ3v) is 4.84. The molecule has 1 saturated heterocycles. The molecule has 2 aliphatic rings. The van der Waals surface area contributed by atoms with E-state index in [1.165, 1.54) is 12.8 Å². The van der Waals surface area contributed by atoms with Crippen LogP contribution >= 0.6 is 0 Å². The Hall–Kier alpha value is -1.29. The summed E-state index contributed by atoms with van der Waals surface area (Å²) in [5.74, 6) is 0.0953. The zero-order valence-electron chi connectivity index (χ0n) is 12.3. The molecule has 3 rings (SSSR count). The van der Waals surface area contributed by atoms with Gasteiger partial charge in [-0.15, -0.1) is 0 Å². The molecule has 0 radical (unpaired) electrons. The summed E-state index contributed by atoms with van der Waals surface area (Å²) in [5, 5.41) is 6.64. The predicted molar refractivity (Wildman–Crippen MR) is 79.9 cm³/mol. The van der Waals surface area contributed by atoms with Crippen molar-refractivity contribution in [3.8, 4) is 0 Å². The molecule has 2 fully saturated rings. The molecule has 0 bridgehead atoms. The first kappa shape index (κ1) is 13.7. The number of hydrogen-bond donors (Lipinski definition) is 2. The molecular formula is C16H25N3O. The van der Waals surface area contributed by atoms with Crippen molar-refractivity contribution in [3.63, 3.8) is 0 Å². The van der Waals surface area contributed by atoms with Gasteiger partial charge in [-0.05, 0) is 57.8 Å². The fraction of sp³-hybridized carbons (Fsp3) is 0.688. The first-order valence-electron chi connectivity index (χ1n) is 7.88. The van der Waals surface area contributed by atoms with Crippen LogP contribution in [0.4, 0.5) is 0 Å². The van der Waals surface area contributed by atoms with Crippen molar-refractivity contribution in [1.82, 2.24) is 15.2 Å². The summed E-state index contributed by atoms with van der Waals surface area (Å²) in [5.41, 5.74) is 0.824. The van der Waals surface area contributed by atoms with Crippen LogP contribution in [0.1, 0.15) is 62.0 Å². The topological polar surface area (TPSA) is 46.1 Å². The number of nitrogens with one attached hydrogen (secondary N) is 2. The van der Waals surface area contributed by atoms with Crippen LogP contribution in [0.3, 0.4) is 0 Å². The zero-order chi connectivity index (χ0) is 14.0. The summed E-state index contributed by atoms with van der Waals surface area (Å²) in [6.07, 6.45) is 8.93. The Balaban J connectivity index is 1.73. The highest BCUT2D eigenvalue weighted by atomic mass is 16.2. The van der Waals surface area contributed by atoms with Gasteiger partial charge >= 0.3 is 0 Å². The Morgan fingerprint density at radius 3 is 2.75 bits per heavy atom. The molecule has 1 amide bonds. The normalized spacial score (nSPS) is 22.9. The fourth-order valence-corrected chi connectivity index (χ4v) is 3.61. The van der Waals surface area contributed by atoms with E-state index < -0.39 is 0 Å². The van der Waals surface area contributed by atoms with Gasteiger partial charge in [0.1, 0.15) is 5.69 Å². The maximum absolute atomic E-state index is 12.6. The molecular weight excluding hydrogens is 250 g/mol. The van der Waals surface area contributed by atoms with Crippen LogP contribution in [0.5, 0.6) is 0 Å². The summed E-state index contributed by atoms with van der Waals surface area (Å²) in [6, 6.07) is 4.41. The molecule has 2 heterocycles. The van der Waals surface area contributed by atoms with Crippen molar-refractivity contribution in [2.45, 2.75) is 57.0 Å². The maximum atomic E-state index is 12.6. The number of carbonyl (C=O) groups is 1. The summed E-state index contributed by atoms with van der Waals surface area (Å²) >= 11 is 0. The molecule has 20 heavy (non-hydrogen) atoms. The van der Waals surface area contributed by atoms with E-state index in [2.05, 4.69) is 28.3 Å². The van der Waals surface area contributed by atoms with Crippen LogP contribution in [0, 0.1) is 0 Å². The Labute approximate surface area is 120 Å². The summed E-state index contributed by atoms with van der Waals surface area (Å²) < 4.78 is 2.18. The molecule has 2 N–H and O–H groups in total. The monoisotopic (exact) mass is 275 g/mol. The van der Waals surface area contributed by atoms with Gasteiger partial charge < -0.3 is 15.2 Å². The standard InChI is InChI=1S/C16H25N3O/c1-16(8-2-3-9-16)18-15(20)14-5-4-12-19(14)13-6-10-17-11-7-13/h4-5,12-13,17H,2-3,6-11H2,1H3,(H,18,20). The highest BCUT2D eigenvalue weighted by molar-refractivity contribution is 5.93. The van der Waals surface area contributed by atoms with E-state index in [1.807, 2.05) is 12.1 Å². The number of aromatic nitrogens is 1. The van der Waals surface area contributed by atoms with E-state index >= 15 is 0 Å². The van der Waals surface area contributed by atoms with Gasteiger partial charge in [0.05, 0.1) is 0 Å². The highest BCUT2D eigenvalue weighted by Crippen LogP contribution is 2.29. The number of piperidine rings is 1. The van der Waals surface area contributed by atoms with Crippen molar-refractivity contribution >= 4 is 5.91 Å². The molecule has 0 unspecified atom stereocenters. The van der Waals surface area contributed by atoms with E-state index in [-0.39, 0.29) is 11.4 Å². The van der Waals surface area contributed by atoms with Crippen molar-refractivity contribution in [2.75, 3.05) is 13.1 Å². The molecule has 1 aliphatic heterocycles. The smallest absolute Gasteiger partial charge is 0.268 e. The molecule has 1 saturated carbocycles. The van der Waals surface area contributed by atoms with Crippen LogP contribution in [0.25, 0.3) is 0 Å². The minimum absolute atomic E-state index is 0.000301. The average Bonchev–Trinajstić information content (AvgIpc) is 3.08. The molecule has 0 spiro atoms. The van der Waals surface area contributed by atoms with Crippen molar-refractivity contribution in [3.05, 3.63) is 24.0 Å². The van der Waals surface area contributed by atoms with Crippen LogP contribution in [0.15, 0.2) is 18.3 Å². The van der Waals surface area contributed by atoms with Gasteiger partial charge in [-0.1, -0.05) is 12.8 Å². The van der Waals surface area contributed by atoms with Gasteiger partial charge in [-0.3, -0.25) is 4.79 Å². The van der Waals surface area contributed by atoms with Gasteiger partial charge in [0.2, 0.25) is 0 Å². The number of amides is 1. The molecule has 1 aromatic rings. The van der Waals surface area contributed by atoms with Gasteiger partial charge in [0, 0.05) is 17.8 Å². The van der Waals surface area contributed by atoms with Crippen molar-refractivity contribution < 1.29 is 4.79 Å². The molecule has 0 atom stereocenters. The van der Waals surface area contributed by atoms with E-state index in [0.29, 0.717) is 6.04 Å². The molecule has 1 aliphatic carbocycles. The van der Waals surface area contributed by atoms with Crippen LogP contribution in [-0.4, -0.2) is 29.1 Å². The number of rotatable bonds is 3. The van der Waals surface area contributed by atoms with E-state index in [0.717, 1.165) is 44.5 Å². The lowest BCUT2D eigenvalue weighted by Crippen LogP contribution is -2.44. The summed E-state index contributed by atoms with van der Waals surface area (Å²) in [6.45, 7) is 4.26. The predicted octanol–water partition coefficient (Wildman–Crippen LogP) is 2.48. The van der Waals surface area contributed by atoms with Crippen LogP contribution in [0.2, 0.25) is 0 Å². The number of carbonyl (C=O) groups excluding carboxylic acids is 1. The molecule has 4 nitrogen and oxygen atoms in total. The van der Waals surface area contributed by atoms with E-state index in [1.54, 1.807) is 0 Å². The highest BCUT2D eigenvalue weighted by Gasteiger charge is 2.31. The quantitative estimate of drug-likeness (QED) is 0.890. The first-order valence-corrected chi connectivity index (χ1v) is 7.88. The van der Waals surface area contributed by atoms with E-state index in [4.69, 9.17) is 0 Å². The average molecular weight is 275 g/mol. The molecule has 110 valence electrons. The Kier molecular flexibility index (Phi) is 3.83. The van der Waals surface area contributed by atoms with Gasteiger partial charge in [-0.25, -0.2) is 0 Å². The number of nitrogens with zero attached hydrogens (tertiary/aromatic N) is 1. The Morgan fingerprint density at radius 2 is 2.05 bits per heavy atom. The lowest BCUT2D eigenvalue weighted by atomic mass is 10.0. The zero-order valence-corrected chi connectivity index (χ0v) is 12.3. The van der Waals surface area contributed by atoms with E-state index in [9.17, 15) is 4.79 Å². The SMILES string of the molecule is CC1(NC(=O)c2cccn2C2CCNCC2)CCCC1. The van der Waals surface area contributed by atoms with Crippen molar-refractivity contribution in [2.24, 2.45) is 0 Å². The Morgan fingerprint density at radius 1 is 1.35 bits per heavy atom. The molecule has 0 aromatic carbocycles. The summed E-state index contributed by atoms with van der Waals surface area (Å²) in [7, 11) is 0. The largest absolute Gasteiger partial charge is 0.346 e. The van der Waals surface area contributed by atoms with Gasteiger partial charge in [-0.2, -0.15) is 0 Å². The van der Waals surface area contributed by atoms with Crippen LogP contribution in [-0.2, 0) is 0 Å². The minimum Gasteiger partial charge on any atom is -0.346 e. The fourth-order valence-electron chi connectivity index (χ4n) is 3.61. The third kappa shape index (κ3) is 2.75. The van der Waals surface area contributed by atoms with Crippen molar-refractivity contribution in [1.29, 1.82) is 0 Å². The number of hydrogen-bond acceptors (Lipinski definition) is 2. The second-order valence-corrected chi connectivity index (χ2v) is 6.50. The Bertz CT molecular complexity index is 468. The second-order valence-electron chi connectivity index (χ2n) is 6.50. The first-order chi connectivity index (χ1) is 9.68. The minimum atomic E-state index is 0.000301. The maximum Gasteiger partial charge on any atom is 0.268 e. The lowest BCUT2D eigenvalue weighted by Gasteiger charge is -2.28. The molecule has 4 heteroatoms. The second kappa shape index (κ2) is 5.60. The van der Waals surface area contributed by atoms with Gasteiger partial charge in [0.15, 0.2) is 0 Å². The van der Waals surface area contributed by atoms with Gasteiger partial charge in [0.25, 0.3) is 5.91 Å².